The van der Waals surface area contributed by atoms with Crippen LogP contribution in [-0.2, 0) is 27.1 Å². The van der Waals surface area contributed by atoms with Crippen LogP contribution in [-0.4, -0.2) is 27.5 Å². The SMILES string of the molecule is O=C(Cn1c2c(sc1=O)[C@@H](c1ccc(F)cc1)[C@@H]1C(=O)N(c3ccc(Cl)cc3)C(=O)[C@@H]1S2)Nc1ccccc1C(F)(F)F. The first-order valence-corrected chi connectivity index (χ1v) is 14.8. The Bertz CT molecular complexity index is 1820. The van der Waals surface area contributed by atoms with Crippen molar-refractivity contribution in [1.29, 1.82) is 0 Å². The molecule has 3 aromatic carbocycles. The number of imide groups is 1. The number of nitrogens with one attached hydrogen (secondary N) is 1. The van der Waals surface area contributed by atoms with Gasteiger partial charge < -0.3 is 5.32 Å². The van der Waals surface area contributed by atoms with Crippen molar-refractivity contribution in [3.05, 3.63) is 109 Å². The molecule has 7 nitrogen and oxygen atoms in total. The van der Waals surface area contributed by atoms with E-state index in [9.17, 15) is 36.7 Å². The Morgan fingerprint density at radius 2 is 1.60 bits per heavy atom. The molecule has 0 bridgehead atoms. The van der Waals surface area contributed by atoms with Gasteiger partial charge in [0.1, 0.15) is 17.6 Å². The monoisotopic (exact) mass is 647 g/mol. The van der Waals surface area contributed by atoms with E-state index in [2.05, 4.69) is 5.32 Å². The summed E-state index contributed by atoms with van der Waals surface area (Å²) in [6.07, 6.45) is -4.72. The summed E-state index contributed by atoms with van der Waals surface area (Å²) in [6, 6.07) is 15.9. The van der Waals surface area contributed by atoms with Crippen LogP contribution in [0.1, 0.15) is 21.9 Å². The van der Waals surface area contributed by atoms with Gasteiger partial charge >= 0.3 is 11.0 Å². The number of rotatable bonds is 5. The van der Waals surface area contributed by atoms with Crippen molar-refractivity contribution in [3.8, 4) is 0 Å². The van der Waals surface area contributed by atoms with E-state index < -0.39 is 69.5 Å². The number of benzene rings is 3. The van der Waals surface area contributed by atoms with Crippen LogP contribution in [0, 0.1) is 11.7 Å². The van der Waals surface area contributed by atoms with E-state index in [0.717, 1.165) is 44.7 Å². The molecule has 0 saturated carbocycles. The Morgan fingerprint density at radius 3 is 2.28 bits per heavy atom. The smallest absolute Gasteiger partial charge is 0.324 e. The largest absolute Gasteiger partial charge is 0.418 e. The molecule has 3 atom stereocenters. The average molecular weight is 648 g/mol. The zero-order chi connectivity index (χ0) is 30.6. The third kappa shape index (κ3) is 5.25. The van der Waals surface area contributed by atoms with Gasteiger partial charge in [-0.15, -0.1) is 0 Å². The molecule has 0 aliphatic carbocycles. The van der Waals surface area contributed by atoms with Crippen LogP contribution in [0.15, 0.2) is 82.6 Å². The van der Waals surface area contributed by atoms with Crippen LogP contribution < -0.4 is 15.1 Å². The second kappa shape index (κ2) is 11.0. The van der Waals surface area contributed by atoms with E-state index in [1.54, 1.807) is 0 Å². The normalized spacial score (nSPS) is 19.7. The molecule has 1 N–H and O–H groups in total. The van der Waals surface area contributed by atoms with Crippen molar-refractivity contribution in [2.24, 2.45) is 5.92 Å². The maximum atomic E-state index is 13.9. The van der Waals surface area contributed by atoms with Gasteiger partial charge in [0.2, 0.25) is 17.7 Å². The van der Waals surface area contributed by atoms with Gasteiger partial charge in [0, 0.05) is 15.8 Å². The maximum absolute atomic E-state index is 13.9. The van der Waals surface area contributed by atoms with Crippen LogP contribution in [0.3, 0.4) is 0 Å². The van der Waals surface area contributed by atoms with E-state index in [-0.39, 0.29) is 5.03 Å². The number of carbonyl (C=O) groups excluding carboxylic acids is 3. The Balaban J connectivity index is 1.39. The summed E-state index contributed by atoms with van der Waals surface area (Å²) < 4.78 is 55.3. The molecule has 43 heavy (non-hydrogen) atoms. The molecule has 0 unspecified atom stereocenters. The minimum absolute atomic E-state index is 0.240. The van der Waals surface area contributed by atoms with Gasteiger partial charge in [-0.3, -0.25) is 23.7 Å². The van der Waals surface area contributed by atoms with Crippen LogP contribution >= 0.6 is 34.7 Å². The number of aromatic nitrogens is 1. The molecule has 0 radical (unpaired) electrons. The topological polar surface area (TPSA) is 88.5 Å². The number of hydrogen-bond acceptors (Lipinski definition) is 6. The van der Waals surface area contributed by atoms with E-state index in [0.29, 0.717) is 21.2 Å². The van der Waals surface area contributed by atoms with Gasteiger partial charge in [0.05, 0.1) is 27.9 Å². The molecular weight excluding hydrogens is 630 g/mol. The fourth-order valence-corrected chi connectivity index (χ4v) is 8.20. The second-order valence-electron chi connectivity index (χ2n) is 9.80. The van der Waals surface area contributed by atoms with Gasteiger partial charge in [-0.2, -0.15) is 13.2 Å². The van der Waals surface area contributed by atoms with Gasteiger partial charge in [0.15, 0.2) is 0 Å². The quantitative estimate of drug-likeness (QED) is 0.207. The number of anilines is 2. The van der Waals surface area contributed by atoms with E-state index in [1.807, 2.05) is 0 Å². The number of para-hydroxylation sites is 1. The van der Waals surface area contributed by atoms with Crippen molar-refractivity contribution in [2.75, 3.05) is 10.2 Å². The highest BCUT2D eigenvalue weighted by Gasteiger charge is 2.56. The van der Waals surface area contributed by atoms with Gasteiger partial charge in [0.25, 0.3) is 0 Å². The van der Waals surface area contributed by atoms with Gasteiger partial charge in [-0.1, -0.05) is 59.0 Å². The molecule has 2 aliphatic heterocycles. The number of thiazole rings is 1. The Morgan fingerprint density at radius 1 is 0.930 bits per heavy atom. The number of hydrogen-bond donors (Lipinski definition) is 1. The highest BCUT2D eigenvalue weighted by atomic mass is 35.5. The number of amides is 3. The number of fused-ring (bicyclic) bond motifs is 2. The van der Waals surface area contributed by atoms with Crippen molar-refractivity contribution >= 4 is 63.8 Å². The molecule has 0 spiro atoms. The zero-order valence-electron chi connectivity index (χ0n) is 21.6. The van der Waals surface area contributed by atoms with Crippen LogP contribution in [0.4, 0.5) is 28.9 Å². The molecule has 14 heteroatoms. The molecule has 220 valence electrons. The Hall–Kier alpha value is -3.94. The lowest BCUT2D eigenvalue weighted by Gasteiger charge is -2.30. The molecule has 1 aromatic heterocycles. The molecule has 4 aromatic rings. The maximum Gasteiger partial charge on any atom is 0.418 e. The van der Waals surface area contributed by atoms with Crippen molar-refractivity contribution in [3.63, 3.8) is 0 Å². The zero-order valence-corrected chi connectivity index (χ0v) is 24.0. The predicted octanol–water partition coefficient (Wildman–Crippen LogP) is 6.16. The highest BCUT2D eigenvalue weighted by Crippen LogP contribution is 2.54. The fourth-order valence-electron chi connectivity index (χ4n) is 5.30. The summed E-state index contributed by atoms with van der Waals surface area (Å²) in [5.41, 5.74) is -0.733. The van der Waals surface area contributed by atoms with E-state index in [1.165, 1.54) is 60.7 Å². The number of carbonyl (C=O) groups is 3. The van der Waals surface area contributed by atoms with E-state index >= 15 is 0 Å². The highest BCUT2D eigenvalue weighted by molar-refractivity contribution is 8.00. The van der Waals surface area contributed by atoms with Crippen LogP contribution in [0.25, 0.3) is 0 Å². The third-order valence-corrected chi connectivity index (χ3v) is 10.0. The summed E-state index contributed by atoms with van der Waals surface area (Å²) in [4.78, 5) is 54.6. The first-order valence-electron chi connectivity index (χ1n) is 12.7. The molecule has 1 saturated heterocycles. The van der Waals surface area contributed by atoms with E-state index in [4.69, 9.17) is 11.6 Å². The fraction of sp³-hybridized carbons (Fsp3) is 0.172. The summed E-state index contributed by atoms with van der Waals surface area (Å²) in [6.45, 7) is -0.638. The Labute approximate surface area is 254 Å². The summed E-state index contributed by atoms with van der Waals surface area (Å²) in [5, 5.41) is 1.87. The van der Waals surface area contributed by atoms with Crippen molar-refractivity contribution < 1.29 is 31.9 Å². The van der Waals surface area contributed by atoms with Gasteiger partial charge in [-0.05, 0) is 54.1 Å². The third-order valence-electron chi connectivity index (χ3n) is 7.17. The lowest BCUT2D eigenvalue weighted by molar-refractivity contribution is -0.137. The van der Waals surface area contributed by atoms with Crippen molar-refractivity contribution in [2.45, 2.75) is 28.9 Å². The van der Waals surface area contributed by atoms with Crippen LogP contribution in [0.2, 0.25) is 5.02 Å². The summed E-state index contributed by atoms with van der Waals surface area (Å²) in [7, 11) is 0. The minimum atomic E-state index is -4.72. The standard InChI is InChI=1S/C29H18ClF4N3O4S2/c30-15-7-11-17(12-8-15)37-25(39)22-21(14-5-9-16(31)10-6-14)24-27(42-23(22)26(37)40)36(28(41)43-24)13-20(38)35-19-4-2-1-3-18(19)29(32,33)34/h1-12,21-23H,13H2,(H,35,38)/t21-,22-,23+/m0/s1. The number of thioether (sulfide) groups is 1. The lowest BCUT2D eigenvalue weighted by Crippen LogP contribution is -2.33. The molecule has 3 amide bonds. The molecule has 1 fully saturated rings. The van der Waals surface area contributed by atoms with Crippen molar-refractivity contribution in [1.82, 2.24) is 4.57 Å². The summed E-state index contributed by atoms with van der Waals surface area (Å²) >= 11 is 7.70. The second-order valence-corrected chi connectivity index (χ2v) is 12.4. The lowest BCUT2D eigenvalue weighted by atomic mass is 9.83. The number of nitrogens with zero attached hydrogens (tertiary/aromatic N) is 2. The molecule has 2 aliphatic rings. The first kappa shape index (κ1) is 29.1. The Kier molecular flexibility index (Phi) is 7.43. The number of alkyl halides is 3. The molecule has 3 heterocycles. The molecule has 6 rings (SSSR count). The minimum Gasteiger partial charge on any atom is -0.324 e. The number of halogens is 5. The summed E-state index contributed by atoms with van der Waals surface area (Å²) in [5.74, 6) is -4.26. The average Bonchev–Trinajstić information content (AvgIpc) is 3.40. The van der Waals surface area contributed by atoms with Crippen LogP contribution in [0.5, 0.6) is 0 Å². The van der Waals surface area contributed by atoms with Gasteiger partial charge in [-0.25, -0.2) is 9.29 Å². The predicted molar refractivity (Wildman–Crippen MR) is 154 cm³/mol. The molecular formula is C29H18ClF4N3O4S2. The first-order chi connectivity index (χ1) is 20.4.